The molecule has 4 heterocycles. The van der Waals surface area contributed by atoms with Gasteiger partial charge in [-0.25, -0.2) is 19.9 Å². The number of nitrogens with one attached hydrogen (secondary N) is 1. The molecule has 1 saturated heterocycles. The Morgan fingerprint density at radius 1 is 1.10 bits per heavy atom. The van der Waals surface area contributed by atoms with Crippen molar-refractivity contribution in [1.29, 1.82) is 0 Å². The van der Waals surface area contributed by atoms with Gasteiger partial charge in [-0.05, 0) is 55.2 Å². The minimum absolute atomic E-state index is 0.337. The first-order valence-electron chi connectivity index (χ1n) is 10.6. The maximum atomic E-state index is 10.6. The number of hydrogen-bond acceptors (Lipinski definition) is 7. The predicted molar refractivity (Wildman–Crippen MR) is 120 cm³/mol. The van der Waals surface area contributed by atoms with Crippen molar-refractivity contribution in [1.82, 2.24) is 29.8 Å². The highest BCUT2D eigenvalue weighted by Crippen LogP contribution is 2.47. The molecule has 5 rings (SSSR count). The van der Waals surface area contributed by atoms with E-state index in [1.807, 2.05) is 6.20 Å². The van der Waals surface area contributed by atoms with Gasteiger partial charge in [0.05, 0.1) is 16.6 Å². The van der Waals surface area contributed by atoms with Gasteiger partial charge in [-0.2, -0.15) is 0 Å². The summed E-state index contributed by atoms with van der Waals surface area (Å²) in [6, 6.07) is 1.80. The third-order valence-corrected chi connectivity index (χ3v) is 6.67. The lowest BCUT2D eigenvalue weighted by molar-refractivity contribution is -0.104. The van der Waals surface area contributed by atoms with Crippen molar-refractivity contribution in [3.63, 3.8) is 0 Å². The number of carbonyl (C=O) groups is 1. The Balaban J connectivity index is 1.47. The third-order valence-electron chi connectivity index (χ3n) is 6.67. The van der Waals surface area contributed by atoms with E-state index in [0.29, 0.717) is 22.7 Å². The zero-order chi connectivity index (χ0) is 21.3. The second-order valence-corrected chi connectivity index (χ2v) is 8.38. The lowest BCUT2D eigenvalue weighted by Crippen LogP contribution is -2.38. The van der Waals surface area contributed by atoms with E-state index in [2.05, 4.69) is 35.9 Å². The van der Waals surface area contributed by atoms with Crippen LogP contribution in [0.4, 0.5) is 5.82 Å². The molecule has 3 aromatic rings. The number of piperidine rings is 1. The Kier molecular flexibility index (Phi) is 4.97. The average molecular weight is 416 g/mol. The fraction of sp³-hybridized carbons (Fsp3) is 0.348. The first-order chi connectivity index (χ1) is 15.2. The highest BCUT2D eigenvalue weighted by Gasteiger charge is 2.36. The molecule has 158 valence electrons. The number of nitrogen functional groups attached to an aromatic ring is 1. The maximum Gasteiger partial charge on any atom is 0.162 e. The molecule has 1 spiro atoms. The van der Waals surface area contributed by atoms with Crippen LogP contribution in [0.25, 0.3) is 28.0 Å². The van der Waals surface area contributed by atoms with E-state index in [4.69, 9.17) is 5.73 Å². The Morgan fingerprint density at radius 3 is 2.61 bits per heavy atom. The van der Waals surface area contributed by atoms with Crippen molar-refractivity contribution in [2.75, 3.05) is 18.8 Å². The number of rotatable bonds is 4. The Labute approximate surface area is 180 Å². The molecular weight excluding hydrogens is 390 g/mol. The van der Waals surface area contributed by atoms with Gasteiger partial charge >= 0.3 is 0 Å². The number of nitrogens with zero attached hydrogens (tertiary/aromatic N) is 5. The minimum atomic E-state index is 0.337. The average Bonchev–Trinajstić information content (AvgIpc) is 3.21. The molecule has 2 aliphatic rings. The number of allylic oxidation sites excluding steroid dienone is 3. The summed E-state index contributed by atoms with van der Waals surface area (Å²) < 4.78 is 0. The number of H-pyrrole nitrogens is 1. The topological polar surface area (TPSA) is 114 Å². The molecule has 3 aromatic heterocycles. The van der Waals surface area contributed by atoms with Crippen molar-refractivity contribution in [2.24, 2.45) is 5.41 Å². The summed E-state index contributed by atoms with van der Waals surface area (Å²) in [4.78, 5) is 33.8. The van der Waals surface area contributed by atoms with Crippen LogP contribution in [0, 0.1) is 5.41 Å². The van der Waals surface area contributed by atoms with Crippen molar-refractivity contribution in [3.05, 3.63) is 48.8 Å². The number of hydrogen-bond donors (Lipinski definition) is 2. The second kappa shape index (κ2) is 7.94. The quantitative estimate of drug-likeness (QED) is 0.496. The van der Waals surface area contributed by atoms with Crippen LogP contribution in [0.2, 0.25) is 0 Å². The summed E-state index contributed by atoms with van der Waals surface area (Å²) in [5, 5.41) is 0.778. The lowest BCUT2D eigenvalue weighted by Gasteiger charge is -2.43. The number of aromatic amines is 1. The molecule has 0 saturated carbocycles. The molecule has 3 N–H and O–H groups in total. The molecule has 1 fully saturated rings. The number of likely N-dealkylation sites (tertiary alicyclic amines) is 1. The van der Waals surface area contributed by atoms with E-state index >= 15 is 0 Å². The molecule has 8 nitrogen and oxygen atoms in total. The predicted octanol–water partition coefficient (Wildman–Crippen LogP) is 3.36. The molecule has 31 heavy (non-hydrogen) atoms. The fourth-order valence-corrected chi connectivity index (χ4v) is 4.87. The first-order valence-corrected chi connectivity index (χ1v) is 10.6. The maximum absolute atomic E-state index is 10.6. The smallest absolute Gasteiger partial charge is 0.162 e. The van der Waals surface area contributed by atoms with E-state index in [1.54, 1.807) is 24.5 Å². The second-order valence-electron chi connectivity index (χ2n) is 8.38. The zero-order valence-electron chi connectivity index (χ0n) is 17.3. The highest BCUT2D eigenvalue weighted by molar-refractivity contribution is 6.03. The standard InChI is InChI=1S/C23H25N7O/c24-20-18-17(21-25-9-1-10-26-21)19(29-22(18)28-15-27-20)16-3-5-23(6-4-16)7-12-30(13-8-23)11-2-14-31/h1-3,9-11,14-15H,4-8,12-13H2,(H3,24,27,28,29). The minimum Gasteiger partial charge on any atom is -0.383 e. The van der Waals surface area contributed by atoms with E-state index in [-0.39, 0.29) is 0 Å². The largest absolute Gasteiger partial charge is 0.383 e. The molecule has 8 heteroatoms. The molecule has 1 aliphatic heterocycles. The van der Waals surface area contributed by atoms with Crippen LogP contribution < -0.4 is 5.73 Å². The number of anilines is 1. The van der Waals surface area contributed by atoms with E-state index in [0.717, 1.165) is 68.1 Å². The van der Waals surface area contributed by atoms with Gasteiger partial charge in [0.15, 0.2) is 5.82 Å². The van der Waals surface area contributed by atoms with Crippen molar-refractivity contribution in [3.8, 4) is 11.4 Å². The Bertz CT molecular complexity index is 1160. The number of fused-ring (bicyclic) bond motifs is 1. The van der Waals surface area contributed by atoms with E-state index < -0.39 is 0 Å². The summed E-state index contributed by atoms with van der Waals surface area (Å²) in [5.41, 5.74) is 10.4. The summed E-state index contributed by atoms with van der Waals surface area (Å²) in [7, 11) is 0. The number of aldehydes is 1. The van der Waals surface area contributed by atoms with Crippen molar-refractivity contribution >= 4 is 28.7 Å². The van der Waals surface area contributed by atoms with Crippen LogP contribution in [0.1, 0.15) is 37.8 Å². The van der Waals surface area contributed by atoms with Gasteiger partial charge in [0.2, 0.25) is 0 Å². The van der Waals surface area contributed by atoms with Crippen LogP contribution in [0.5, 0.6) is 0 Å². The van der Waals surface area contributed by atoms with Gasteiger partial charge in [-0.15, -0.1) is 0 Å². The van der Waals surface area contributed by atoms with Gasteiger partial charge < -0.3 is 15.6 Å². The van der Waals surface area contributed by atoms with E-state index in [1.165, 1.54) is 11.9 Å². The monoisotopic (exact) mass is 415 g/mol. The molecule has 1 aliphatic carbocycles. The summed E-state index contributed by atoms with van der Waals surface area (Å²) in [6.07, 6.45) is 17.1. The van der Waals surface area contributed by atoms with Gasteiger partial charge in [0.25, 0.3) is 0 Å². The third kappa shape index (κ3) is 3.58. The van der Waals surface area contributed by atoms with Crippen LogP contribution in [-0.2, 0) is 4.79 Å². The fourth-order valence-electron chi connectivity index (χ4n) is 4.87. The molecule has 0 amide bonds. The lowest BCUT2D eigenvalue weighted by atomic mass is 9.68. The van der Waals surface area contributed by atoms with Crippen LogP contribution >= 0.6 is 0 Å². The summed E-state index contributed by atoms with van der Waals surface area (Å²) in [6.45, 7) is 1.99. The van der Waals surface area contributed by atoms with E-state index in [9.17, 15) is 4.79 Å². The normalized spacial score (nSPS) is 18.6. The molecule has 0 aromatic carbocycles. The van der Waals surface area contributed by atoms with Crippen LogP contribution in [0.3, 0.4) is 0 Å². The molecule has 0 bridgehead atoms. The van der Waals surface area contributed by atoms with Gasteiger partial charge in [0.1, 0.15) is 24.1 Å². The van der Waals surface area contributed by atoms with Crippen LogP contribution in [0.15, 0.2) is 43.1 Å². The Morgan fingerprint density at radius 2 is 1.90 bits per heavy atom. The number of aromatic nitrogens is 5. The summed E-state index contributed by atoms with van der Waals surface area (Å²) >= 11 is 0. The summed E-state index contributed by atoms with van der Waals surface area (Å²) in [5.74, 6) is 1.06. The van der Waals surface area contributed by atoms with Gasteiger partial charge in [0, 0.05) is 31.7 Å². The van der Waals surface area contributed by atoms with Crippen molar-refractivity contribution < 1.29 is 4.79 Å². The molecule has 0 unspecified atom stereocenters. The SMILES string of the molecule is Nc1ncnc2[nH]c(C3=CCC4(CC3)CCN(C=CC=O)CC4)c(-c3ncccn3)c12. The highest BCUT2D eigenvalue weighted by atomic mass is 16.1. The number of carbonyl (C=O) groups excluding carboxylic acids is 1. The molecule has 0 radical (unpaired) electrons. The van der Waals surface area contributed by atoms with Crippen LogP contribution in [-0.4, -0.2) is 49.2 Å². The first kappa shape index (κ1) is 19.4. The zero-order valence-corrected chi connectivity index (χ0v) is 17.3. The van der Waals surface area contributed by atoms with Gasteiger partial charge in [-0.1, -0.05) is 6.08 Å². The molecular formula is C23H25N7O. The Hall–Kier alpha value is -3.55. The van der Waals surface area contributed by atoms with Crippen molar-refractivity contribution in [2.45, 2.75) is 32.1 Å². The number of nitrogens with two attached hydrogens (primary N) is 1. The van der Waals surface area contributed by atoms with Gasteiger partial charge in [-0.3, -0.25) is 4.79 Å². The molecule has 0 atom stereocenters.